The van der Waals surface area contributed by atoms with Crippen molar-refractivity contribution in [2.45, 2.75) is 0 Å². The van der Waals surface area contributed by atoms with E-state index in [1.54, 1.807) is 12.1 Å². The van der Waals surface area contributed by atoms with E-state index in [0.717, 1.165) is 27.8 Å². The molecule has 0 unspecified atom stereocenters. The van der Waals surface area contributed by atoms with E-state index < -0.39 is 0 Å². The van der Waals surface area contributed by atoms with Crippen molar-refractivity contribution < 1.29 is 5.11 Å². The Hall–Kier alpha value is -3.85. The number of nitrogens with zero attached hydrogens (tertiary/aromatic N) is 2. The summed E-state index contributed by atoms with van der Waals surface area (Å²) in [6.07, 6.45) is 1.87. The molecule has 0 saturated carbocycles. The van der Waals surface area contributed by atoms with Gasteiger partial charge in [-0.1, -0.05) is 60.7 Å². The molecule has 5 aromatic rings. The van der Waals surface area contributed by atoms with Crippen molar-refractivity contribution in [1.29, 1.82) is 0 Å². The molecule has 1 N–H and O–H groups in total. The molecular weight excluding hydrogens is 344 g/mol. The third kappa shape index (κ3) is 2.93. The first-order valence-electron chi connectivity index (χ1n) is 9.20. The SMILES string of the molecule is Oc1ccc(-c2ccc3ncn(-c4cccc(-c5ccccc5)c4)c3c2)cc1. The van der Waals surface area contributed by atoms with Crippen LogP contribution in [0.25, 0.3) is 39.0 Å². The molecule has 4 aromatic carbocycles. The number of rotatable bonds is 3. The highest BCUT2D eigenvalue weighted by Gasteiger charge is 2.08. The number of hydrogen-bond acceptors (Lipinski definition) is 2. The van der Waals surface area contributed by atoms with Crippen molar-refractivity contribution in [2.24, 2.45) is 0 Å². The zero-order chi connectivity index (χ0) is 18.9. The number of imidazole rings is 1. The molecule has 0 fully saturated rings. The molecule has 0 aliphatic heterocycles. The monoisotopic (exact) mass is 362 g/mol. The molecule has 0 atom stereocenters. The maximum absolute atomic E-state index is 9.54. The van der Waals surface area contributed by atoms with E-state index in [-0.39, 0.29) is 5.75 Å². The number of phenols is 1. The van der Waals surface area contributed by atoms with Gasteiger partial charge in [0.15, 0.2) is 0 Å². The van der Waals surface area contributed by atoms with Gasteiger partial charge in [-0.2, -0.15) is 0 Å². The highest BCUT2D eigenvalue weighted by Crippen LogP contribution is 2.28. The van der Waals surface area contributed by atoms with Crippen LogP contribution >= 0.6 is 0 Å². The van der Waals surface area contributed by atoms with Gasteiger partial charge in [-0.15, -0.1) is 0 Å². The number of hydrogen-bond donors (Lipinski definition) is 1. The first-order valence-corrected chi connectivity index (χ1v) is 9.20. The van der Waals surface area contributed by atoms with Crippen molar-refractivity contribution in [1.82, 2.24) is 9.55 Å². The Morgan fingerprint density at radius 1 is 0.607 bits per heavy atom. The fourth-order valence-corrected chi connectivity index (χ4v) is 3.51. The Morgan fingerprint density at radius 3 is 2.11 bits per heavy atom. The van der Waals surface area contributed by atoms with Crippen LogP contribution in [0.5, 0.6) is 5.75 Å². The summed E-state index contributed by atoms with van der Waals surface area (Å²) in [5, 5.41) is 9.54. The second-order valence-corrected chi connectivity index (χ2v) is 6.78. The van der Waals surface area contributed by atoms with Crippen LogP contribution in [0.2, 0.25) is 0 Å². The van der Waals surface area contributed by atoms with E-state index in [2.05, 4.69) is 70.2 Å². The Kier molecular flexibility index (Phi) is 3.91. The molecule has 0 aliphatic rings. The first kappa shape index (κ1) is 16.3. The highest BCUT2D eigenvalue weighted by molar-refractivity contribution is 5.84. The first-order chi connectivity index (χ1) is 13.8. The van der Waals surface area contributed by atoms with E-state index in [0.29, 0.717) is 0 Å². The summed E-state index contributed by atoms with van der Waals surface area (Å²) in [6.45, 7) is 0. The van der Waals surface area contributed by atoms with Gasteiger partial charge < -0.3 is 5.11 Å². The lowest BCUT2D eigenvalue weighted by molar-refractivity contribution is 0.475. The molecule has 0 radical (unpaired) electrons. The van der Waals surface area contributed by atoms with Crippen LogP contribution in [-0.2, 0) is 0 Å². The van der Waals surface area contributed by atoms with Crippen LogP contribution < -0.4 is 0 Å². The molecule has 1 aromatic heterocycles. The van der Waals surface area contributed by atoms with Crippen LogP contribution in [-0.4, -0.2) is 14.7 Å². The molecule has 28 heavy (non-hydrogen) atoms. The number of aromatic nitrogens is 2. The maximum Gasteiger partial charge on any atom is 0.115 e. The number of benzene rings is 4. The minimum absolute atomic E-state index is 0.271. The molecule has 3 heteroatoms. The van der Waals surface area contributed by atoms with Crippen LogP contribution in [0.15, 0.2) is 103 Å². The Morgan fingerprint density at radius 2 is 1.29 bits per heavy atom. The molecule has 0 amide bonds. The normalized spacial score (nSPS) is 11.0. The molecule has 5 rings (SSSR count). The van der Waals surface area contributed by atoms with Gasteiger partial charge in [0.25, 0.3) is 0 Å². The third-order valence-electron chi connectivity index (χ3n) is 4.98. The standard InChI is InChI=1S/C25H18N2O/c28-23-12-9-19(10-13-23)21-11-14-24-25(16-21)27(17-26-24)22-8-4-7-20(15-22)18-5-2-1-3-6-18/h1-17,28H. The van der Waals surface area contributed by atoms with Crippen LogP contribution in [0.4, 0.5) is 0 Å². The number of aromatic hydroxyl groups is 1. The average molecular weight is 362 g/mol. The fourth-order valence-electron chi connectivity index (χ4n) is 3.51. The summed E-state index contributed by atoms with van der Waals surface area (Å²) < 4.78 is 2.12. The van der Waals surface area contributed by atoms with Gasteiger partial charge in [0.1, 0.15) is 12.1 Å². The van der Waals surface area contributed by atoms with Crippen molar-refractivity contribution in [3.05, 3.63) is 103 Å². The minimum Gasteiger partial charge on any atom is -0.508 e. The molecule has 3 nitrogen and oxygen atoms in total. The quantitative estimate of drug-likeness (QED) is 0.423. The zero-order valence-corrected chi connectivity index (χ0v) is 15.2. The molecular formula is C25H18N2O. The van der Waals surface area contributed by atoms with Gasteiger partial charge in [0.2, 0.25) is 0 Å². The zero-order valence-electron chi connectivity index (χ0n) is 15.2. The summed E-state index contributed by atoms with van der Waals surface area (Å²) in [5.74, 6) is 0.271. The maximum atomic E-state index is 9.54. The van der Waals surface area contributed by atoms with Crippen molar-refractivity contribution in [3.63, 3.8) is 0 Å². The lowest BCUT2D eigenvalue weighted by atomic mass is 10.0. The van der Waals surface area contributed by atoms with Gasteiger partial charge in [-0.05, 0) is 58.7 Å². The average Bonchev–Trinajstić information content (AvgIpc) is 3.18. The molecule has 0 aliphatic carbocycles. The molecule has 1 heterocycles. The molecule has 134 valence electrons. The third-order valence-corrected chi connectivity index (χ3v) is 4.98. The van der Waals surface area contributed by atoms with Gasteiger partial charge in [-0.25, -0.2) is 4.98 Å². The highest BCUT2D eigenvalue weighted by atomic mass is 16.3. The summed E-state index contributed by atoms with van der Waals surface area (Å²) in [5.41, 5.74) is 7.60. The predicted molar refractivity (Wildman–Crippen MR) is 114 cm³/mol. The van der Waals surface area contributed by atoms with E-state index in [4.69, 9.17) is 0 Å². The Balaban J connectivity index is 1.62. The lowest BCUT2D eigenvalue weighted by Crippen LogP contribution is -1.92. The Labute approximate surface area is 163 Å². The van der Waals surface area contributed by atoms with E-state index in [1.807, 2.05) is 30.6 Å². The van der Waals surface area contributed by atoms with Gasteiger partial charge in [0.05, 0.1) is 11.0 Å². The number of fused-ring (bicyclic) bond motifs is 1. The van der Waals surface area contributed by atoms with Gasteiger partial charge in [-0.3, -0.25) is 4.57 Å². The van der Waals surface area contributed by atoms with E-state index in [9.17, 15) is 5.11 Å². The van der Waals surface area contributed by atoms with Crippen LogP contribution in [0.1, 0.15) is 0 Å². The Bertz CT molecular complexity index is 1250. The van der Waals surface area contributed by atoms with Gasteiger partial charge >= 0.3 is 0 Å². The fraction of sp³-hybridized carbons (Fsp3) is 0. The van der Waals surface area contributed by atoms with E-state index >= 15 is 0 Å². The predicted octanol–water partition coefficient (Wildman–Crippen LogP) is 6.07. The van der Waals surface area contributed by atoms with Crippen molar-refractivity contribution in [3.8, 4) is 33.7 Å². The summed E-state index contributed by atoms with van der Waals surface area (Å²) >= 11 is 0. The topological polar surface area (TPSA) is 38.1 Å². The smallest absolute Gasteiger partial charge is 0.115 e. The number of phenolic OH excluding ortho intramolecular Hbond substituents is 1. The second kappa shape index (κ2) is 6.71. The van der Waals surface area contributed by atoms with E-state index in [1.165, 1.54) is 11.1 Å². The summed E-state index contributed by atoms with van der Waals surface area (Å²) in [6, 6.07) is 32.4. The molecule has 0 spiro atoms. The van der Waals surface area contributed by atoms with Crippen molar-refractivity contribution in [2.75, 3.05) is 0 Å². The van der Waals surface area contributed by atoms with Crippen LogP contribution in [0, 0.1) is 0 Å². The lowest BCUT2D eigenvalue weighted by Gasteiger charge is -2.09. The van der Waals surface area contributed by atoms with Gasteiger partial charge in [0, 0.05) is 5.69 Å². The van der Waals surface area contributed by atoms with Crippen molar-refractivity contribution >= 4 is 11.0 Å². The summed E-state index contributed by atoms with van der Waals surface area (Å²) in [7, 11) is 0. The molecule has 0 bridgehead atoms. The largest absolute Gasteiger partial charge is 0.508 e. The van der Waals surface area contributed by atoms with Crippen LogP contribution in [0.3, 0.4) is 0 Å². The molecule has 0 saturated heterocycles. The minimum atomic E-state index is 0.271. The second-order valence-electron chi connectivity index (χ2n) is 6.78. The summed E-state index contributed by atoms with van der Waals surface area (Å²) in [4.78, 5) is 4.57.